The lowest BCUT2D eigenvalue weighted by molar-refractivity contribution is 0.614. The number of anilines is 4. The van der Waals surface area contributed by atoms with E-state index in [1.165, 1.54) is 6.21 Å². The van der Waals surface area contributed by atoms with Crippen LogP contribution in [0.15, 0.2) is 34.9 Å². The Balaban J connectivity index is 1.67. The van der Waals surface area contributed by atoms with Crippen molar-refractivity contribution in [3.63, 3.8) is 0 Å². The molecule has 2 aromatic heterocycles. The molecule has 0 radical (unpaired) electrons. The third-order valence-corrected chi connectivity index (χ3v) is 3.95. The molecule has 4 N–H and O–H groups in total. The Hall–Kier alpha value is -3.09. The summed E-state index contributed by atoms with van der Waals surface area (Å²) in [5.74, 6) is 1.22. The van der Waals surface area contributed by atoms with Crippen LogP contribution in [0.3, 0.4) is 0 Å². The van der Waals surface area contributed by atoms with Crippen LogP contribution in [-0.2, 0) is 0 Å². The number of nitrogens with one attached hydrogen (secondary N) is 4. The van der Waals surface area contributed by atoms with Gasteiger partial charge >= 0.3 is 0 Å². The number of aromatic nitrogens is 2. The van der Waals surface area contributed by atoms with E-state index >= 15 is 0 Å². The topological polar surface area (TPSA) is 98.9 Å². The summed E-state index contributed by atoms with van der Waals surface area (Å²) in [6.45, 7) is 0. The molecule has 0 atom stereocenters. The van der Waals surface area contributed by atoms with E-state index in [0.717, 1.165) is 35.3 Å². The van der Waals surface area contributed by atoms with Gasteiger partial charge in [-0.15, -0.1) is 0 Å². The van der Waals surface area contributed by atoms with E-state index in [0.29, 0.717) is 23.4 Å². The van der Waals surface area contributed by atoms with E-state index in [1.807, 2.05) is 31.3 Å². The fourth-order valence-corrected chi connectivity index (χ4v) is 2.55. The van der Waals surface area contributed by atoms with Gasteiger partial charge in [0.2, 0.25) is 5.95 Å². The summed E-state index contributed by atoms with van der Waals surface area (Å²) in [6, 6.07) is 8.03. The molecule has 0 amide bonds. The van der Waals surface area contributed by atoms with Gasteiger partial charge in [-0.1, -0.05) is 0 Å². The summed E-state index contributed by atoms with van der Waals surface area (Å²) in [5.41, 5.74) is 3.96. The Kier molecular flexibility index (Phi) is 3.53. The molecule has 7 nitrogen and oxygen atoms in total. The quantitative estimate of drug-likeness (QED) is 0.518. The first-order chi connectivity index (χ1) is 11.8. The second-order valence-corrected chi connectivity index (χ2v) is 5.77. The molecular formula is C17H18N6O. The highest BCUT2D eigenvalue weighted by Gasteiger charge is 2.23. The van der Waals surface area contributed by atoms with Crippen molar-refractivity contribution in [3.8, 4) is 0 Å². The maximum atomic E-state index is 7.52. The fourth-order valence-electron chi connectivity index (χ4n) is 2.55. The molecule has 122 valence electrons. The molecule has 1 fully saturated rings. The molecule has 0 bridgehead atoms. The average molecular weight is 322 g/mol. The lowest BCUT2D eigenvalue weighted by Crippen LogP contribution is -2.06. The molecule has 0 saturated heterocycles. The normalized spacial score (nSPS) is 13.7. The van der Waals surface area contributed by atoms with Gasteiger partial charge in [0.1, 0.15) is 5.52 Å². The van der Waals surface area contributed by atoms with Crippen LogP contribution in [0.4, 0.5) is 23.1 Å². The number of nitrogens with zero attached hydrogens (tertiary/aromatic N) is 2. The lowest BCUT2D eigenvalue weighted by Gasteiger charge is -2.11. The predicted molar refractivity (Wildman–Crippen MR) is 95.6 cm³/mol. The van der Waals surface area contributed by atoms with Crippen molar-refractivity contribution in [2.75, 3.05) is 23.0 Å². The maximum Gasteiger partial charge on any atom is 0.229 e. The van der Waals surface area contributed by atoms with E-state index in [2.05, 4.69) is 25.9 Å². The molecule has 7 heteroatoms. The molecule has 1 aromatic carbocycles. The predicted octanol–water partition coefficient (Wildman–Crippen LogP) is 3.58. The van der Waals surface area contributed by atoms with E-state index < -0.39 is 0 Å². The summed E-state index contributed by atoms with van der Waals surface area (Å²) in [5, 5.41) is 17.2. The smallest absolute Gasteiger partial charge is 0.229 e. The molecule has 4 rings (SSSR count). The van der Waals surface area contributed by atoms with Gasteiger partial charge in [-0.05, 0) is 31.0 Å². The largest absolute Gasteiger partial charge is 0.459 e. The van der Waals surface area contributed by atoms with Crippen LogP contribution in [-0.4, -0.2) is 29.3 Å². The van der Waals surface area contributed by atoms with Gasteiger partial charge in [0, 0.05) is 42.3 Å². The zero-order chi connectivity index (χ0) is 16.5. The zero-order valence-corrected chi connectivity index (χ0v) is 13.3. The molecule has 1 saturated carbocycles. The highest BCUT2D eigenvalue weighted by atomic mass is 16.3. The fraction of sp³-hybridized carbons (Fsp3) is 0.235. The summed E-state index contributed by atoms with van der Waals surface area (Å²) in [6.07, 6.45) is 5.25. The number of hydrogen-bond donors (Lipinski definition) is 4. The van der Waals surface area contributed by atoms with Gasteiger partial charge in [0.25, 0.3) is 0 Å². The Bertz CT molecular complexity index is 899. The van der Waals surface area contributed by atoms with E-state index in [9.17, 15) is 0 Å². The minimum Gasteiger partial charge on any atom is -0.459 e. The van der Waals surface area contributed by atoms with E-state index in [1.54, 1.807) is 6.26 Å². The van der Waals surface area contributed by atoms with Gasteiger partial charge < -0.3 is 25.8 Å². The monoisotopic (exact) mass is 322 g/mol. The standard InChI is InChI=1S/C17H18N6O/c1-19-13-5-4-12(8-10(13)9-18)21-17-22-14-6-7-24-15(14)16(23-17)20-11-2-3-11/h4-9,11,18-19H,2-3H2,1H3,(H2,20,21,22,23). The number of hydrogen-bond acceptors (Lipinski definition) is 7. The average Bonchev–Trinajstić information content (AvgIpc) is 3.28. The minimum absolute atomic E-state index is 0.473. The van der Waals surface area contributed by atoms with Gasteiger partial charge in [-0.25, -0.2) is 4.98 Å². The number of rotatable bonds is 6. The third-order valence-electron chi connectivity index (χ3n) is 3.95. The third kappa shape index (κ3) is 2.76. The Morgan fingerprint density at radius 2 is 2.12 bits per heavy atom. The number of benzene rings is 1. The van der Waals surface area contributed by atoms with Crippen molar-refractivity contribution in [1.82, 2.24) is 9.97 Å². The Morgan fingerprint density at radius 1 is 1.25 bits per heavy atom. The molecule has 1 aliphatic carbocycles. The zero-order valence-electron chi connectivity index (χ0n) is 13.3. The van der Waals surface area contributed by atoms with Gasteiger partial charge in [0.15, 0.2) is 11.4 Å². The molecule has 3 aromatic rings. The Morgan fingerprint density at radius 3 is 2.88 bits per heavy atom. The molecule has 24 heavy (non-hydrogen) atoms. The Labute approximate surface area is 139 Å². The van der Waals surface area contributed by atoms with Crippen LogP contribution in [0.2, 0.25) is 0 Å². The van der Waals surface area contributed by atoms with Crippen LogP contribution >= 0.6 is 0 Å². The maximum absolute atomic E-state index is 7.52. The highest BCUT2D eigenvalue weighted by molar-refractivity contribution is 5.88. The van der Waals surface area contributed by atoms with Crippen molar-refractivity contribution in [1.29, 1.82) is 5.41 Å². The molecule has 0 spiro atoms. The first kappa shape index (κ1) is 14.5. The van der Waals surface area contributed by atoms with Crippen molar-refractivity contribution in [2.24, 2.45) is 0 Å². The van der Waals surface area contributed by atoms with Crippen LogP contribution < -0.4 is 16.0 Å². The van der Waals surface area contributed by atoms with Crippen LogP contribution in [0.1, 0.15) is 18.4 Å². The van der Waals surface area contributed by atoms with Crippen LogP contribution in [0.5, 0.6) is 0 Å². The van der Waals surface area contributed by atoms with Crippen LogP contribution in [0.25, 0.3) is 11.1 Å². The highest BCUT2D eigenvalue weighted by Crippen LogP contribution is 2.30. The van der Waals surface area contributed by atoms with Gasteiger partial charge in [0.05, 0.1) is 6.26 Å². The van der Waals surface area contributed by atoms with Crippen LogP contribution in [0, 0.1) is 5.41 Å². The van der Waals surface area contributed by atoms with Crippen molar-refractivity contribution >= 4 is 40.5 Å². The summed E-state index contributed by atoms with van der Waals surface area (Å²) in [4.78, 5) is 9.04. The lowest BCUT2D eigenvalue weighted by atomic mass is 10.1. The first-order valence-electron chi connectivity index (χ1n) is 7.88. The van der Waals surface area contributed by atoms with E-state index in [4.69, 9.17) is 9.83 Å². The van der Waals surface area contributed by atoms with E-state index in [-0.39, 0.29) is 0 Å². The first-order valence-corrected chi connectivity index (χ1v) is 7.88. The molecule has 2 heterocycles. The second-order valence-electron chi connectivity index (χ2n) is 5.77. The van der Waals surface area contributed by atoms with Crippen molar-refractivity contribution in [2.45, 2.75) is 18.9 Å². The van der Waals surface area contributed by atoms with Crippen molar-refractivity contribution < 1.29 is 4.42 Å². The summed E-state index contributed by atoms with van der Waals surface area (Å²) >= 11 is 0. The van der Waals surface area contributed by atoms with Gasteiger partial charge in [-0.2, -0.15) is 4.98 Å². The number of fused-ring (bicyclic) bond motifs is 1. The molecule has 1 aliphatic rings. The minimum atomic E-state index is 0.473. The molecule has 0 unspecified atom stereocenters. The number of furan rings is 1. The second kappa shape index (κ2) is 5.84. The molecule has 0 aliphatic heterocycles. The van der Waals surface area contributed by atoms with Crippen molar-refractivity contribution in [3.05, 3.63) is 36.1 Å². The summed E-state index contributed by atoms with van der Waals surface area (Å²) < 4.78 is 5.50. The van der Waals surface area contributed by atoms with Gasteiger partial charge in [-0.3, -0.25) is 0 Å². The molecular weight excluding hydrogens is 304 g/mol. The SMILES string of the molecule is CNc1ccc(Nc2nc(NC3CC3)c3occc3n2)cc1C=N. The summed E-state index contributed by atoms with van der Waals surface area (Å²) in [7, 11) is 1.83.